The SMILES string of the molecule is FC(F)(F)SCCN1CC2(CCCC2)NCC12CCCC2. The number of alkyl halides is 3. The van der Waals surface area contributed by atoms with Crippen molar-refractivity contribution in [2.75, 3.05) is 25.4 Å². The maximum absolute atomic E-state index is 12.4. The van der Waals surface area contributed by atoms with Crippen LogP contribution in [0, 0.1) is 0 Å². The number of thioether (sulfide) groups is 1. The molecule has 1 N–H and O–H groups in total. The van der Waals surface area contributed by atoms with Gasteiger partial charge in [-0.3, -0.25) is 4.90 Å². The number of halogens is 3. The highest BCUT2D eigenvalue weighted by molar-refractivity contribution is 8.00. The van der Waals surface area contributed by atoms with Crippen molar-refractivity contribution in [3.8, 4) is 0 Å². The summed E-state index contributed by atoms with van der Waals surface area (Å²) in [5, 5.41) is 3.79. The average molecular weight is 322 g/mol. The highest BCUT2D eigenvalue weighted by atomic mass is 32.2. The van der Waals surface area contributed by atoms with Gasteiger partial charge in [-0.05, 0) is 37.4 Å². The Labute approximate surface area is 129 Å². The van der Waals surface area contributed by atoms with Gasteiger partial charge in [-0.25, -0.2) is 0 Å². The van der Waals surface area contributed by atoms with Gasteiger partial charge in [0, 0.05) is 36.5 Å². The summed E-state index contributed by atoms with van der Waals surface area (Å²) in [5.74, 6) is 0.168. The lowest BCUT2D eigenvalue weighted by Gasteiger charge is -2.52. The van der Waals surface area contributed by atoms with E-state index in [0.29, 0.717) is 6.54 Å². The van der Waals surface area contributed by atoms with E-state index in [0.717, 1.165) is 25.9 Å². The summed E-state index contributed by atoms with van der Waals surface area (Å²) < 4.78 is 37.2. The Balaban J connectivity index is 1.65. The lowest BCUT2D eigenvalue weighted by Crippen LogP contribution is -2.68. The zero-order chi connectivity index (χ0) is 15.0. The molecule has 1 aliphatic heterocycles. The quantitative estimate of drug-likeness (QED) is 0.851. The van der Waals surface area contributed by atoms with E-state index in [9.17, 15) is 13.2 Å². The summed E-state index contributed by atoms with van der Waals surface area (Å²) in [6.45, 7) is 2.50. The van der Waals surface area contributed by atoms with E-state index in [1.165, 1.54) is 38.5 Å². The molecule has 0 aromatic heterocycles. The molecule has 3 rings (SSSR count). The molecule has 3 fully saturated rings. The number of nitrogens with one attached hydrogen (secondary N) is 1. The molecular formula is C15H25F3N2S. The fourth-order valence-electron chi connectivity index (χ4n) is 4.55. The maximum atomic E-state index is 12.4. The van der Waals surface area contributed by atoms with Crippen molar-refractivity contribution in [2.24, 2.45) is 0 Å². The molecule has 2 aliphatic carbocycles. The highest BCUT2D eigenvalue weighted by Crippen LogP contribution is 2.43. The van der Waals surface area contributed by atoms with E-state index in [4.69, 9.17) is 0 Å². The smallest absolute Gasteiger partial charge is 0.308 e. The Morgan fingerprint density at radius 2 is 1.62 bits per heavy atom. The van der Waals surface area contributed by atoms with Gasteiger partial charge in [0.1, 0.15) is 0 Å². The predicted octanol–water partition coefficient (Wildman–Crippen LogP) is 3.77. The molecule has 1 heterocycles. The molecule has 2 saturated carbocycles. The van der Waals surface area contributed by atoms with Gasteiger partial charge in [0.15, 0.2) is 0 Å². The van der Waals surface area contributed by atoms with Crippen LogP contribution < -0.4 is 5.32 Å². The minimum atomic E-state index is -4.10. The second-order valence-electron chi connectivity index (χ2n) is 6.99. The van der Waals surface area contributed by atoms with Crippen LogP contribution in [0.2, 0.25) is 0 Å². The van der Waals surface area contributed by atoms with Crippen molar-refractivity contribution < 1.29 is 13.2 Å². The van der Waals surface area contributed by atoms with Crippen LogP contribution >= 0.6 is 11.8 Å². The molecule has 0 radical (unpaired) electrons. The maximum Gasteiger partial charge on any atom is 0.441 e. The molecule has 3 aliphatic rings. The molecule has 21 heavy (non-hydrogen) atoms. The zero-order valence-corrected chi connectivity index (χ0v) is 13.3. The average Bonchev–Trinajstić information content (AvgIpc) is 3.03. The van der Waals surface area contributed by atoms with Gasteiger partial charge in [0.2, 0.25) is 0 Å². The molecule has 0 atom stereocenters. The lowest BCUT2D eigenvalue weighted by molar-refractivity contribution is -0.0334. The lowest BCUT2D eigenvalue weighted by atomic mass is 9.84. The molecule has 122 valence electrons. The second kappa shape index (κ2) is 5.93. The van der Waals surface area contributed by atoms with Crippen molar-refractivity contribution in [3.63, 3.8) is 0 Å². The van der Waals surface area contributed by atoms with E-state index in [1.807, 2.05) is 0 Å². The Kier molecular flexibility index (Phi) is 4.50. The first kappa shape index (κ1) is 15.9. The predicted molar refractivity (Wildman–Crippen MR) is 80.5 cm³/mol. The van der Waals surface area contributed by atoms with Gasteiger partial charge in [0.25, 0.3) is 0 Å². The molecule has 1 saturated heterocycles. The molecule has 0 unspecified atom stereocenters. The molecule has 0 bridgehead atoms. The molecular weight excluding hydrogens is 297 g/mol. The van der Waals surface area contributed by atoms with E-state index in [1.54, 1.807) is 0 Å². The first-order valence-electron chi connectivity index (χ1n) is 8.14. The van der Waals surface area contributed by atoms with Crippen LogP contribution in [0.25, 0.3) is 0 Å². The van der Waals surface area contributed by atoms with E-state index in [-0.39, 0.29) is 28.6 Å². The van der Waals surface area contributed by atoms with Crippen molar-refractivity contribution in [1.29, 1.82) is 0 Å². The monoisotopic (exact) mass is 322 g/mol. The summed E-state index contributed by atoms with van der Waals surface area (Å²) in [6.07, 6.45) is 9.61. The van der Waals surface area contributed by atoms with E-state index >= 15 is 0 Å². The summed E-state index contributed by atoms with van der Waals surface area (Å²) >= 11 is 0.138. The number of piperazine rings is 1. The molecule has 6 heteroatoms. The van der Waals surface area contributed by atoms with E-state index in [2.05, 4.69) is 10.2 Å². The standard InChI is InChI=1S/C15H25F3N2S/c16-15(17,18)21-10-9-20-12-13(5-1-2-6-13)19-11-14(20)7-3-4-8-14/h19H,1-12H2. The summed E-state index contributed by atoms with van der Waals surface area (Å²) in [4.78, 5) is 2.42. The third-order valence-corrected chi connectivity index (χ3v) is 6.39. The third-order valence-electron chi connectivity index (χ3n) is 5.68. The fraction of sp³-hybridized carbons (Fsp3) is 1.00. The van der Waals surface area contributed by atoms with Gasteiger partial charge in [-0.15, -0.1) is 0 Å². The Morgan fingerprint density at radius 1 is 1.00 bits per heavy atom. The van der Waals surface area contributed by atoms with Gasteiger partial charge < -0.3 is 5.32 Å². The Bertz CT molecular complexity index is 360. The first-order chi connectivity index (χ1) is 9.93. The van der Waals surface area contributed by atoms with Crippen LogP contribution in [0.3, 0.4) is 0 Å². The zero-order valence-electron chi connectivity index (χ0n) is 12.5. The van der Waals surface area contributed by atoms with E-state index < -0.39 is 5.51 Å². The van der Waals surface area contributed by atoms with Crippen LogP contribution in [0.5, 0.6) is 0 Å². The molecule has 0 aromatic carbocycles. The molecule has 0 amide bonds. The van der Waals surface area contributed by atoms with Crippen LogP contribution in [0.4, 0.5) is 13.2 Å². The summed E-state index contributed by atoms with van der Waals surface area (Å²) in [6, 6.07) is 0. The summed E-state index contributed by atoms with van der Waals surface area (Å²) in [7, 11) is 0. The van der Waals surface area contributed by atoms with Gasteiger partial charge in [-0.1, -0.05) is 25.7 Å². The topological polar surface area (TPSA) is 15.3 Å². The van der Waals surface area contributed by atoms with Crippen LogP contribution in [0.1, 0.15) is 51.4 Å². The minimum Gasteiger partial charge on any atom is -0.308 e. The van der Waals surface area contributed by atoms with Crippen molar-refractivity contribution >= 4 is 11.8 Å². The van der Waals surface area contributed by atoms with Crippen LogP contribution in [0.15, 0.2) is 0 Å². The molecule has 0 aromatic rings. The largest absolute Gasteiger partial charge is 0.441 e. The first-order valence-corrected chi connectivity index (χ1v) is 9.13. The normalized spacial score (nSPS) is 28.7. The van der Waals surface area contributed by atoms with Crippen molar-refractivity contribution in [2.45, 2.75) is 68.0 Å². The number of hydrogen-bond donors (Lipinski definition) is 1. The highest BCUT2D eigenvalue weighted by Gasteiger charge is 2.49. The number of rotatable bonds is 3. The van der Waals surface area contributed by atoms with Crippen molar-refractivity contribution in [3.05, 3.63) is 0 Å². The Hall–Kier alpha value is 0.0600. The second-order valence-corrected chi connectivity index (χ2v) is 8.15. The fourth-order valence-corrected chi connectivity index (χ4v) is 5.10. The third kappa shape index (κ3) is 3.53. The number of nitrogens with zero attached hydrogens (tertiary/aromatic N) is 1. The minimum absolute atomic E-state index is 0.138. The number of hydrogen-bond acceptors (Lipinski definition) is 3. The van der Waals surface area contributed by atoms with Gasteiger partial charge >= 0.3 is 5.51 Å². The van der Waals surface area contributed by atoms with Gasteiger partial charge in [-0.2, -0.15) is 13.2 Å². The molecule has 2 spiro atoms. The summed E-state index contributed by atoms with van der Waals surface area (Å²) in [5.41, 5.74) is -3.77. The molecule has 2 nitrogen and oxygen atoms in total. The van der Waals surface area contributed by atoms with Gasteiger partial charge in [0.05, 0.1) is 0 Å². The Morgan fingerprint density at radius 3 is 2.24 bits per heavy atom. The van der Waals surface area contributed by atoms with Crippen molar-refractivity contribution in [1.82, 2.24) is 10.2 Å². The van der Waals surface area contributed by atoms with Crippen LogP contribution in [-0.2, 0) is 0 Å². The van der Waals surface area contributed by atoms with Crippen LogP contribution in [-0.4, -0.2) is 46.9 Å².